The van der Waals surface area contributed by atoms with Crippen molar-refractivity contribution < 1.29 is 22.8 Å². The van der Waals surface area contributed by atoms with Gasteiger partial charge in [0.1, 0.15) is 0 Å². The zero-order chi connectivity index (χ0) is 19.1. The molecule has 138 valence electrons. The van der Waals surface area contributed by atoms with Gasteiger partial charge in [-0.1, -0.05) is 27.3 Å². The second-order valence-electron chi connectivity index (χ2n) is 5.74. The van der Waals surface area contributed by atoms with E-state index in [9.17, 15) is 22.8 Å². The maximum absolute atomic E-state index is 12.5. The highest BCUT2D eigenvalue weighted by Crippen LogP contribution is 2.34. The topological polar surface area (TPSA) is 75.2 Å². The number of rotatable bonds is 3. The predicted octanol–water partition coefficient (Wildman–Crippen LogP) is 3.62. The van der Waals surface area contributed by atoms with Crippen LogP contribution in [0, 0.1) is 12.8 Å². The number of nitrogens with zero attached hydrogens (tertiary/aromatic N) is 3. The highest BCUT2D eigenvalue weighted by molar-refractivity contribution is 9.10. The van der Waals surface area contributed by atoms with Crippen molar-refractivity contribution in [3.8, 4) is 0 Å². The molecule has 1 aliphatic rings. The van der Waals surface area contributed by atoms with Gasteiger partial charge in [0.15, 0.2) is 0 Å². The average molecular weight is 449 g/mol. The fourth-order valence-corrected chi connectivity index (χ4v) is 3.39. The summed E-state index contributed by atoms with van der Waals surface area (Å²) in [7, 11) is 0. The van der Waals surface area contributed by atoms with Crippen LogP contribution >= 0.6 is 27.3 Å². The zero-order valence-corrected chi connectivity index (χ0v) is 15.7. The number of aryl methyl sites for hydroxylation is 1. The van der Waals surface area contributed by atoms with E-state index < -0.39 is 23.0 Å². The molecule has 11 heteroatoms. The lowest BCUT2D eigenvalue weighted by Gasteiger charge is -2.17. The number of benzene rings is 1. The lowest BCUT2D eigenvalue weighted by Crippen LogP contribution is -2.28. The molecular formula is C15H12BrF3N4O2S. The predicted molar refractivity (Wildman–Crippen MR) is 92.9 cm³/mol. The number of carbonyl (C=O) groups is 2. The second-order valence-corrected chi connectivity index (χ2v) is 7.57. The molecule has 1 aromatic heterocycles. The maximum atomic E-state index is 12.5. The smallest absolute Gasteiger partial charge is 0.312 e. The summed E-state index contributed by atoms with van der Waals surface area (Å²) in [6, 6.07) is 5.39. The summed E-state index contributed by atoms with van der Waals surface area (Å²) >= 11 is 3.63. The molecule has 26 heavy (non-hydrogen) atoms. The van der Waals surface area contributed by atoms with E-state index in [0.717, 1.165) is 10.0 Å². The Kier molecular flexibility index (Phi) is 5.02. The van der Waals surface area contributed by atoms with Crippen molar-refractivity contribution in [2.24, 2.45) is 5.92 Å². The molecular weight excluding hydrogens is 437 g/mol. The van der Waals surface area contributed by atoms with Crippen LogP contribution in [0.5, 0.6) is 0 Å². The van der Waals surface area contributed by atoms with Crippen molar-refractivity contribution in [2.75, 3.05) is 16.8 Å². The fourth-order valence-electron chi connectivity index (χ4n) is 2.53. The van der Waals surface area contributed by atoms with Gasteiger partial charge >= 0.3 is 6.18 Å². The monoisotopic (exact) mass is 448 g/mol. The Labute approximate surface area is 158 Å². The largest absolute Gasteiger partial charge is 0.445 e. The summed E-state index contributed by atoms with van der Waals surface area (Å²) < 4.78 is 38.5. The quantitative estimate of drug-likeness (QED) is 0.777. The molecule has 1 N–H and O–H groups in total. The Morgan fingerprint density at radius 2 is 2.12 bits per heavy atom. The molecule has 1 atom stereocenters. The van der Waals surface area contributed by atoms with Crippen LogP contribution < -0.4 is 10.2 Å². The van der Waals surface area contributed by atoms with Crippen molar-refractivity contribution in [1.29, 1.82) is 0 Å². The first-order chi connectivity index (χ1) is 12.1. The number of aromatic nitrogens is 2. The number of hydrogen-bond acceptors (Lipinski definition) is 5. The van der Waals surface area contributed by atoms with Crippen molar-refractivity contribution in [2.45, 2.75) is 19.5 Å². The van der Waals surface area contributed by atoms with Crippen molar-refractivity contribution in [3.05, 3.63) is 33.2 Å². The van der Waals surface area contributed by atoms with Gasteiger partial charge < -0.3 is 10.2 Å². The lowest BCUT2D eigenvalue weighted by atomic mass is 10.1. The normalized spacial score (nSPS) is 17.7. The summed E-state index contributed by atoms with van der Waals surface area (Å²) in [5.41, 5.74) is 1.61. The van der Waals surface area contributed by atoms with Crippen LogP contribution in [-0.2, 0) is 15.8 Å². The van der Waals surface area contributed by atoms with Gasteiger partial charge in [0, 0.05) is 23.1 Å². The average Bonchev–Trinajstić information content (AvgIpc) is 3.16. The van der Waals surface area contributed by atoms with Crippen LogP contribution in [0.1, 0.15) is 17.0 Å². The minimum Gasteiger partial charge on any atom is -0.312 e. The molecule has 2 heterocycles. The van der Waals surface area contributed by atoms with E-state index in [1.54, 1.807) is 6.07 Å². The number of alkyl halides is 3. The molecule has 1 aliphatic heterocycles. The van der Waals surface area contributed by atoms with Gasteiger partial charge in [-0.25, -0.2) is 0 Å². The zero-order valence-electron chi connectivity index (χ0n) is 13.3. The van der Waals surface area contributed by atoms with E-state index in [1.807, 2.05) is 19.1 Å². The van der Waals surface area contributed by atoms with Gasteiger partial charge in [0.05, 0.1) is 5.92 Å². The number of halogens is 4. The molecule has 2 amide bonds. The third-order valence-electron chi connectivity index (χ3n) is 3.85. The lowest BCUT2D eigenvalue weighted by molar-refractivity contribution is -0.138. The SMILES string of the molecule is Cc1cc(N2CC(C(=O)Nc3nnc(C(F)(F)F)s3)CC2=O)ccc1Br. The van der Waals surface area contributed by atoms with Gasteiger partial charge in [-0.05, 0) is 30.7 Å². The summed E-state index contributed by atoms with van der Waals surface area (Å²) in [6.45, 7) is 2.03. The minimum atomic E-state index is -4.61. The first kappa shape index (κ1) is 18.8. The number of anilines is 2. The first-order valence-corrected chi connectivity index (χ1v) is 9.04. The number of hydrogen-bond donors (Lipinski definition) is 1. The molecule has 6 nitrogen and oxygen atoms in total. The molecule has 0 bridgehead atoms. The summed E-state index contributed by atoms with van der Waals surface area (Å²) in [4.78, 5) is 26.0. The maximum Gasteiger partial charge on any atom is 0.445 e. The minimum absolute atomic E-state index is 0.0219. The van der Waals surface area contributed by atoms with Gasteiger partial charge in [-0.15, -0.1) is 10.2 Å². The van der Waals surface area contributed by atoms with E-state index in [-0.39, 0.29) is 35.3 Å². The molecule has 1 fully saturated rings. The molecule has 1 aromatic carbocycles. The van der Waals surface area contributed by atoms with Gasteiger partial charge in [-0.3, -0.25) is 9.59 Å². The Balaban J connectivity index is 1.69. The highest BCUT2D eigenvalue weighted by atomic mass is 79.9. The molecule has 3 rings (SSSR count). The number of carbonyl (C=O) groups excluding carboxylic acids is 2. The van der Waals surface area contributed by atoms with Gasteiger partial charge in [0.2, 0.25) is 22.0 Å². The van der Waals surface area contributed by atoms with Gasteiger partial charge in [0.25, 0.3) is 0 Å². The Morgan fingerprint density at radius 1 is 1.38 bits per heavy atom. The third kappa shape index (κ3) is 3.88. The summed E-state index contributed by atoms with van der Waals surface area (Å²) in [5.74, 6) is -1.45. The van der Waals surface area contributed by atoms with Crippen LogP contribution in [0.15, 0.2) is 22.7 Å². The van der Waals surface area contributed by atoms with E-state index in [1.165, 1.54) is 4.90 Å². The highest BCUT2D eigenvalue weighted by Gasteiger charge is 2.38. The van der Waals surface area contributed by atoms with E-state index in [0.29, 0.717) is 5.69 Å². The van der Waals surface area contributed by atoms with Crippen LogP contribution in [0.4, 0.5) is 24.0 Å². The standard InChI is InChI=1S/C15H12BrF3N4O2S/c1-7-4-9(2-3-10(7)16)23-6-8(5-11(23)24)12(25)20-14-22-21-13(26-14)15(17,18)19/h2-4,8H,5-6H2,1H3,(H,20,22,25). The van der Waals surface area contributed by atoms with Crippen molar-refractivity contribution >= 4 is 49.9 Å². The number of nitrogens with one attached hydrogen (secondary N) is 1. The van der Waals surface area contributed by atoms with Crippen LogP contribution in [0.25, 0.3) is 0 Å². The Morgan fingerprint density at radius 3 is 2.73 bits per heavy atom. The number of amides is 2. The first-order valence-electron chi connectivity index (χ1n) is 7.43. The van der Waals surface area contributed by atoms with Gasteiger partial charge in [-0.2, -0.15) is 13.2 Å². The fraction of sp³-hybridized carbons (Fsp3) is 0.333. The van der Waals surface area contributed by atoms with E-state index in [2.05, 4.69) is 31.4 Å². The molecule has 0 spiro atoms. The summed E-state index contributed by atoms with van der Waals surface area (Å²) in [5, 5.41) is 7.26. The Hall–Kier alpha value is -2.01. The Bertz CT molecular complexity index is 871. The van der Waals surface area contributed by atoms with E-state index in [4.69, 9.17) is 0 Å². The molecule has 1 saturated heterocycles. The van der Waals surface area contributed by atoms with Crippen molar-refractivity contribution in [3.63, 3.8) is 0 Å². The van der Waals surface area contributed by atoms with Crippen LogP contribution in [-0.4, -0.2) is 28.6 Å². The molecule has 2 aromatic rings. The molecule has 1 unspecified atom stereocenters. The van der Waals surface area contributed by atoms with Crippen LogP contribution in [0.2, 0.25) is 0 Å². The molecule has 0 radical (unpaired) electrons. The van der Waals surface area contributed by atoms with E-state index >= 15 is 0 Å². The molecule has 0 aliphatic carbocycles. The second kappa shape index (κ2) is 6.95. The van der Waals surface area contributed by atoms with Crippen molar-refractivity contribution in [1.82, 2.24) is 10.2 Å². The van der Waals surface area contributed by atoms with Crippen LogP contribution in [0.3, 0.4) is 0 Å². The third-order valence-corrected chi connectivity index (χ3v) is 5.62. The molecule has 0 saturated carbocycles. The summed E-state index contributed by atoms with van der Waals surface area (Å²) in [6.07, 6.45) is -4.63.